The molecule has 0 saturated carbocycles. The summed E-state index contributed by atoms with van der Waals surface area (Å²) in [7, 11) is 0. The monoisotopic (exact) mass is 289 g/mol. The molecule has 20 heavy (non-hydrogen) atoms. The van der Waals surface area contributed by atoms with E-state index in [-0.39, 0.29) is 0 Å². The number of benzene rings is 1. The molecule has 0 aliphatic rings. The summed E-state index contributed by atoms with van der Waals surface area (Å²) in [6.45, 7) is 7.30. The van der Waals surface area contributed by atoms with Crippen molar-refractivity contribution in [2.75, 3.05) is 4.90 Å². The van der Waals surface area contributed by atoms with Gasteiger partial charge < -0.3 is 10.0 Å². The van der Waals surface area contributed by atoms with Crippen LogP contribution in [0.3, 0.4) is 0 Å². The molecule has 0 radical (unpaired) electrons. The molecule has 1 aromatic carbocycles. The van der Waals surface area contributed by atoms with E-state index in [9.17, 15) is 5.11 Å². The normalized spacial score (nSPS) is 12.7. The number of para-hydroxylation sites is 1. The van der Waals surface area contributed by atoms with Gasteiger partial charge in [0.05, 0.1) is 12.6 Å². The fraction of sp³-hybridized carbons (Fsp3) is 0.412. The van der Waals surface area contributed by atoms with Crippen LogP contribution in [0, 0.1) is 0 Å². The third kappa shape index (κ3) is 3.41. The first kappa shape index (κ1) is 15.1. The molecule has 0 bridgehead atoms. The standard InChI is InChI=1S/C17H23NOS/c1-4-17(19)15-9-5-6-10-16(15)18(13(2)3)12-14-8-7-11-20-14/h5-11,13,17,19H,4,12H2,1-3H3. The Hall–Kier alpha value is -1.32. The van der Waals surface area contributed by atoms with Crippen LogP contribution < -0.4 is 4.90 Å². The van der Waals surface area contributed by atoms with E-state index in [1.807, 2.05) is 25.1 Å². The molecule has 108 valence electrons. The SMILES string of the molecule is CCC(O)c1ccccc1N(Cc1cccs1)C(C)C. The van der Waals surface area contributed by atoms with Crippen molar-refractivity contribution in [3.8, 4) is 0 Å². The topological polar surface area (TPSA) is 23.5 Å². The Morgan fingerprint density at radius 2 is 1.90 bits per heavy atom. The van der Waals surface area contributed by atoms with Crippen molar-refractivity contribution in [2.24, 2.45) is 0 Å². The van der Waals surface area contributed by atoms with Gasteiger partial charge in [-0.3, -0.25) is 0 Å². The van der Waals surface area contributed by atoms with Gasteiger partial charge in [0.15, 0.2) is 0 Å². The zero-order valence-electron chi connectivity index (χ0n) is 12.4. The minimum absolute atomic E-state index is 0.391. The smallest absolute Gasteiger partial charge is 0.0807 e. The molecule has 3 heteroatoms. The Labute approximate surface area is 125 Å². The molecular formula is C17H23NOS. The van der Waals surface area contributed by atoms with Crippen LogP contribution in [0.25, 0.3) is 0 Å². The quantitative estimate of drug-likeness (QED) is 0.839. The number of hydrogen-bond acceptors (Lipinski definition) is 3. The maximum atomic E-state index is 10.2. The zero-order chi connectivity index (χ0) is 14.5. The Morgan fingerprint density at radius 3 is 2.50 bits per heavy atom. The molecule has 0 spiro atoms. The molecule has 0 fully saturated rings. The molecular weight excluding hydrogens is 266 g/mol. The summed E-state index contributed by atoms with van der Waals surface area (Å²) in [5.74, 6) is 0. The molecule has 1 atom stereocenters. The van der Waals surface area contributed by atoms with Gasteiger partial charge in [-0.25, -0.2) is 0 Å². The number of hydrogen-bond donors (Lipinski definition) is 1. The average molecular weight is 289 g/mol. The predicted octanol–water partition coefficient (Wildman–Crippen LogP) is 4.61. The van der Waals surface area contributed by atoms with Gasteiger partial charge in [-0.2, -0.15) is 0 Å². The lowest BCUT2D eigenvalue weighted by molar-refractivity contribution is 0.174. The van der Waals surface area contributed by atoms with Crippen LogP contribution >= 0.6 is 11.3 Å². The second-order valence-electron chi connectivity index (χ2n) is 5.28. The van der Waals surface area contributed by atoms with Gasteiger partial charge >= 0.3 is 0 Å². The van der Waals surface area contributed by atoms with Gasteiger partial charge in [-0.05, 0) is 37.8 Å². The third-order valence-electron chi connectivity index (χ3n) is 3.52. The van der Waals surface area contributed by atoms with Gasteiger partial charge in [0.1, 0.15) is 0 Å². The Bertz CT molecular complexity index is 522. The van der Waals surface area contributed by atoms with Crippen molar-refractivity contribution in [2.45, 2.75) is 45.9 Å². The van der Waals surface area contributed by atoms with E-state index in [1.165, 1.54) is 4.88 Å². The highest BCUT2D eigenvalue weighted by atomic mass is 32.1. The van der Waals surface area contributed by atoms with Crippen LogP contribution in [0.5, 0.6) is 0 Å². The summed E-state index contributed by atoms with van der Waals surface area (Å²) in [5.41, 5.74) is 2.17. The second kappa shape index (κ2) is 6.91. The first-order valence-corrected chi connectivity index (χ1v) is 8.07. The van der Waals surface area contributed by atoms with E-state index in [0.717, 1.165) is 24.2 Å². The molecule has 0 amide bonds. The van der Waals surface area contributed by atoms with Gasteiger partial charge in [0, 0.05) is 22.2 Å². The molecule has 1 aromatic heterocycles. The van der Waals surface area contributed by atoms with Gasteiger partial charge in [0.2, 0.25) is 0 Å². The summed E-state index contributed by atoms with van der Waals surface area (Å²) < 4.78 is 0. The number of thiophene rings is 1. The van der Waals surface area contributed by atoms with Crippen molar-refractivity contribution in [3.63, 3.8) is 0 Å². The summed E-state index contributed by atoms with van der Waals surface area (Å²) in [6, 6.07) is 12.8. The average Bonchev–Trinajstić information content (AvgIpc) is 2.96. The van der Waals surface area contributed by atoms with Crippen LogP contribution in [0.2, 0.25) is 0 Å². The first-order chi connectivity index (χ1) is 9.63. The molecule has 0 aliphatic carbocycles. The summed E-state index contributed by atoms with van der Waals surface area (Å²) >= 11 is 1.78. The van der Waals surface area contributed by atoms with Crippen LogP contribution in [0.15, 0.2) is 41.8 Å². The van der Waals surface area contributed by atoms with Gasteiger partial charge in [0.25, 0.3) is 0 Å². The molecule has 2 nitrogen and oxygen atoms in total. The lowest BCUT2D eigenvalue weighted by Crippen LogP contribution is -2.31. The van der Waals surface area contributed by atoms with E-state index in [0.29, 0.717) is 6.04 Å². The minimum Gasteiger partial charge on any atom is -0.388 e. The van der Waals surface area contributed by atoms with Crippen molar-refractivity contribution in [1.29, 1.82) is 0 Å². The highest BCUT2D eigenvalue weighted by Gasteiger charge is 2.18. The van der Waals surface area contributed by atoms with Crippen molar-refractivity contribution in [1.82, 2.24) is 0 Å². The highest BCUT2D eigenvalue weighted by Crippen LogP contribution is 2.31. The van der Waals surface area contributed by atoms with Crippen LogP contribution in [0.1, 0.15) is 43.7 Å². The zero-order valence-corrected chi connectivity index (χ0v) is 13.2. The van der Waals surface area contributed by atoms with Crippen molar-refractivity contribution in [3.05, 3.63) is 52.2 Å². The van der Waals surface area contributed by atoms with Crippen LogP contribution in [-0.2, 0) is 6.54 Å². The molecule has 0 saturated heterocycles. The molecule has 1 N–H and O–H groups in total. The number of nitrogens with zero attached hydrogens (tertiary/aromatic N) is 1. The van der Waals surface area contributed by atoms with Gasteiger partial charge in [-0.1, -0.05) is 31.2 Å². The Kier molecular flexibility index (Phi) is 5.21. The molecule has 1 heterocycles. The lowest BCUT2D eigenvalue weighted by atomic mass is 10.0. The Balaban J connectivity index is 2.34. The highest BCUT2D eigenvalue weighted by molar-refractivity contribution is 7.09. The van der Waals surface area contributed by atoms with E-state index < -0.39 is 6.10 Å². The maximum absolute atomic E-state index is 10.2. The number of anilines is 1. The molecule has 1 unspecified atom stereocenters. The fourth-order valence-electron chi connectivity index (χ4n) is 2.37. The Morgan fingerprint density at radius 1 is 1.15 bits per heavy atom. The van der Waals surface area contributed by atoms with E-state index >= 15 is 0 Å². The number of aliphatic hydroxyl groups is 1. The van der Waals surface area contributed by atoms with Crippen molar-refractivity contribution < 1.29 is 5.11 Å². The van der Waals surface area contributed by atoms with Gasteiger partial charge in [-0.15, -0.1) is 11.3 Å². The van der Waals surface area contributed by atoms with Crippen molar-refractivity contribution >= 4 is 17.0 Å². The number of aliphatic hydroxyl groups excluding tert-OH is 1. The van der Waals surface area contributed by atoms with Crippen LogP contribution in [0.4, 0.5) is 5.69 Å². The first-order valence-electron chi connectivity index (χ1n) is 7.19. The molecule has 2 aromatic rings. The molecule has 0 aliphatic heterocycles. The largest absolute Gasteiger partial charge is 0.388 e. The molecule has 2 rings (SSSR count). The van der Waals surface area contributed by atoms with E-state index in [4.69, 9.17) is 0 Å². The summed E-state index contributed by atoms with van der Waals surface area (Å²) in [4.78, 5) is 3.71. The minimum atomic E-state index is -0.393. The second-order valence-corrected chi connectivity index (χ2v) is 6.32. The van der Waals surface area contributed by atoms with Crippen LogP contribution in [-0.4, -0.2) is 11.1 Å². The predicted molar refractivity (Wildman–Crippen MR) is 87.3 cm³/mol. The maximum Gasteiger partial charge on any atom is 0.0807 e. The van der Waals surface area contributed by atoms with E-state index in [1.54, 1.807) is 11.3 Å². The fourth-order valence-corrected chi connectivity index (χ4v) is 3.07. The van der Waals surface area contributed by atoms with E-state index in [2.05, 4.69) is 42.3 Å². The summed E-state index contributed by atoms with van der Waals surface area (Å²) in [6.07, 6.45) is 0.345. The lowest BCUT2D eigenvalue weighted by Gasteiger charge is -2.31. The number of rotatable bonds is 6. The summed E-state index contributed by atoms with van der Waals surface area (Å²) in [5, 5.41) is 12.4. The third-order valence-corrected chi connectivity index (χ3v) is 4.38.